The number of thiophene rings is 1. The van der Waals surface area contributed by atoms with Gasteiger partial charge in [-0.3, -0.25) is 0 Å². The van der Waals surface area contributed by atoms with Gasteiger partial charge < -0.3 is 5.73 Å². The predicted molar refractivity (Wildman–Crippen MR) is 85.6 cm³/mol. The molecule has 2 rings (SSSR count). The highest BCUT2D eigenvalue weighted by Crippen LogP contribution is 2.23. The maximum absolute atomic E-state index is 6.17. The van der Waals surface area contributed by atoms with E-state index < -0.39 is 0 Å². The Morgan fingerprint density at radius 3 is 2.89 bits per heavy atom. The summed E-state index contributed by atoms with van der Waals surface area (Å²) in [4.78, 5) is 2.65. The highest BCUT2D eigenvalue weighted by molar-refractivity contribution is 9.10. The van der Waals surface area contributed by atoms with Gasteiger partial charge in [0.15, 0.2) is 0 Å². The van der Waals surface area contributed by atoms with Crippen molar-refractivity contribution < 1.29 is 0 Å². The molecule has 1 aromatic carbocycles. The molecule has 1 heterocycles. The Bertz CT molecular complexity index is 510. The van der Waals surface area contributed by atoms with Crippen LogP contribution in [0.2, 0.25) is 0 Å². The average Bonchev–Trinajstić information content (AvgIpc) is 2.72. The van der Waals surface area contributed by atoms with Gasteiger partial charge in [-0.05, 0) is 47.5 Å². The van der Waals surface area contributed by atoms with Crippen molar-refractivity contribution in [2.24, 2.45) is 5.73 Å². The molecule has 0 radical (unpaired) electrons. The molecule has 0 bridgehead atoms. The molecule has 0 saturated heterocycles. The van der Waals surface area contributed by atoms with Gasteiger partial charge in [0.05, 0.1) is 0 Å². The van der Waals surface area contributed by atoms with E-state index in [4.69, 9.17) is 5.73 Å². The number of benzene rings is 1. The second-order valence-corrected chi connectivity index (χ2v) is 7.33. The SMILES string of the molecule is Cc1cccc(SCC(N)Cc2cc(Br)cs2)c1. The van der Waals surface area contributed by atoms with Crippen LogP contribution in [0.15, 0.2) is 45.1 Å². The van der Waals surface area contributed by atoms with E-state index >= 15 is 0 Å². The summed E-state index contributed by atoms with van der Waals surface area (Å²) in [7, 11) is 0. The fourth-order valence-electron chi connectivity index (χ4n) is 1.69. The van der Waals surface area contributed by atoms with Crippen molar-refractivity contribution >= 4 is 39.0 Å². The summed E-state index contributed by atoms with van der Waals surface area (Å²) >= 11 is 7.07. The lowest BCUT2D eigenvalue weighted by molar-refractivity contribution is 0.757. The van der Waals surface area contributed by atoms with Crippen LogP contribution in [0.5, 0.6) is 0 Å². The molecule has 18 heavy (non-hydrogen) atoms. The Balaban J connectivity index is 1.83. The lowest BCUT2D eigenvalue weighted by Crippen LogP contribution is -2.25. The van der Waals surface area contributed by atoms with Crippen LogP contribution in [-0.4, -0.2) is 11.8 Å². The number of rotatable bonds is 5. The van der Waals surface area contributed by atoms with Crippen molar-refractivity contribution in [1.29, 1.82) is 0 Å². The van der Waals surface area contributed by atoms with Crippen LogP contribution in [0.1, 0.15) is 10.4 Å². The van der Waals surface area contributed by atoms with Crippen LogP contribution >= 0.6 is 39.0 Å². The van der Waals surface area contributed by atoms with Crippen LogP contribution in [-0.2, 0) is 6.42 Å². The molecule has 1 unspecified atom stereocenters. The highest BCUT2D eigenvalue weighted by Gasteiger charge is 2.07. The minimum atomic E-state index is 0.209. The smallest absolute Gasteiger partial charge is 0.0285 e. The van der Waals surface area contributed by atoms with Gasteiger partial charge >= 0.3 is 0 Å². The van der Waals surface area contributed by atoms with Crippen LogP contribution in [0.3, 0.4) is 0 Å². The number of thioether (sulfide) groups is 1. The molecule has 0 saturated carbocycles. The Labute approximate surface area is 125 Å². The lowest BCUT2D eigenvalue weighted by atomic mass is 10.2. The summed E-state index contributed by atoms with van der Waals surface area (Å²) < 4.78 is 1.15. The molecule has 0 aliphatic rings. The number of hydrogen-bond donors (Lipinski definition) is 1. The minimum absolute atomic E-state index is 0.209. The van der Waals surface area contributed by atoms with E-state index in [0.717, 1.165) is 16.6 Å². The Kier molecular flexibility index (Phi) is 5.30. The Morgan fingerprint density at radius 1 is 1.39 bits per heavy atom. The van der Waals surface area contributed by atoms with Gasteiger partial charge in [-0.15, -0.1) is 23.1 Å². The van der Waals surface area contributed by atoms with Crippen molar-refractivity contribution in [2.75, 3.05) is 5.75 Å². The third-order valence-corrected chi connectivity index (χ3v) is 5.44. The van der Waals surface area contributed by atoms with E-state index in [1.165, 1.54) is 15.3 Å². The maximum Gasteiger partial charge on any atom is 0.0285 e. The standard InChI is InChI=1S/C14H16BrNS2/c1-10-3-2-4-13(5-10)18-9-12(16)7-14-6-11(15)8-17-14/h2-6,8,12H,7,9,16H2,1H3. The first kappa shape index (κ1) is 14.1. The first-order valence-electron chi connectivity index (χ1n) is 5.81. The molecule has 1 nitrogen and oxygen atoms in total. The summed E-state index contributed by atoms with van der Waals surface area (Å²) in [5.74, 6) is 0.957. The molecule has 2 N–H and O–H groups in total. The van der Waals surface area contributed by atoms with E-state index in [2.05, 4.69) is 58.6 Å². The first-order valence-corrected chi connectivity index (χ1v) is 8.47. The van der Waals surface area contributed by atoms with E-state index in [0.29, 0.717) is 0 Å². The van der Waals surface area contributed by atoms with E-state index in [-0.39, 0.29) is 6.04 Å². The average molecular weight is 342 g/mol. The molecule has 0 aliphatic carbocycles. The van der Waals surface area contributed by atoms with Crippen molar-refractivity contribution in [3.05, 3.63) is 50.6 Å². The Morgan fingerprint density at radius 2 is 2.22 bits per heavy atom. The Hall–Kier alpha value is -0.290. The quantitative estimate of drug-likeness (QED) is 0.811. The topological polar surface area (TPSA) is 26.0 Å². The number of hydrogen-bond acceptors (Lipinski definition) is 3. The van der Waals surface area contributed by atoms with E-state index in [9.17, 15) is 0 Å². The molecule has 0 spiro atoms. The summed E-state index contributed by atoms with van der Waals surface area (Å²) in [5, 5.41) is 2.11. The summed E-state index contributed by atoms with van der Waals surface area (Å²) in [6.07, 6.45) is 0.953. The zero-order valence-corrected chi connectivity index (χ0v) is 13.4. The molecule has 1 atom stereocenters. The van der Waals surface area contributed by atoms with Gasteiger partial charge in [-0.2, -0.15) is 0 Å². The molecule has 2 aromatic rings. The van der Waals surface area contributed by atoms with Gasteiger partial charge in [0.1, 0.15) is 0 Å². The largest absolute Gasteiger partial charge is 0.327 e. The fourth-order valence-corrected chi connectivity index (χ4v) is 4.20. The monoisotopic (exact) mass is 341 g/mol. The van der Waals surface area contributed by atoms with Gasteiger partial charge in [-0.1, -0.05) is 17.7 Å². The third kappa shape index (κ3) is 4.43. The van der Waals surface area contributed by atoms with Crippen molar-refractivity contribution in [3.8, 4) is 0 Å². The predicted octanol–water partition coefficient (Wildman–Crippen LogP) is 4.48. The molecule has 96 valence electrons. The molecule has 4 heteroatoms. The zero-order valence-electron chi connectivity index (χ0n) is 10.2. The van der Waals surface area contributed by atoms with E-state index in [1.54, 1.807) is 11.3 Å². The van der Waals surface area contributed by atoms with Crippen LogP contribution < -0.4 is 5.73 Å². The third-order valence-electron chi connectivity index (χ3n) is 2.54. The van der Waals surface area contributed by atoms with Gasteiger partial charge in [0, 0.05) is 31.4 Å². The lowest BCUT2D eigenvalue weighted by Gasteiger charge is -2.10. The minimum Gasteiger partial charge on any atom is -0.327 e. The van der Waals surface area contributed by atoms with Crippen molar-refractivity contribution in [3.63, 3.8) is 0 Å². The molecule has 0 fully saturated rings. The second-order valence-electron chi connectivity index (χ2n) is 4.32. The summed E-state index contributed by atoms with van der Waals surface area (Å²) in [6, 6.07) is 10.9. The molecular formula is C14H16BrNS2. The molecule has 0 aliphatic heterocycles. The highest BCUT2D eigenvalue weighted by atomic mass is 79.9. The summed E-state index contributed by atoms with van der Waals surface area (Å²) in [6.45, 7) is 2.12. The van der Waals surface area contributed by atoms with Crippen LogP contribution in [0.4, 0.5) is 0 Å². The van der Waals surface area contributed by atoms with Gasteiger partial charge in [0.25, 0.3) is 0 Å². The summed E-state index contributed by atoms with van der Waals surface area (Å²) in [5.41, 5.74) is 7.47. The van der Waals surface area contributed by atoms with Crippen LogP contribution in [0, 0.1) is 6.92 Å². The van der Waals surface area contributed by atoms with Crippen LogP contribution in [0.25, 0.3) is 0 Å². The zero-order chi connectivity index (χ0) is 13.0. The second kappa shape index (κ2) is 6.75. The van der Waals surface area contributed by atoms with Crippen molar-refractivity contribution in [1.82, 2.24) is 0 Å². The molecular weight excluding hydrogens is 326 g/mol. The number of halogens is 1. The number of nitrogens with two attached hydrogens (primary N) is 1. The maximum atomic E-state index is 6.17. The molecule has 0 amide bonds. The molecule has 1 aromatic heterocycles. The normalized spacial score (nSPS) is 12.6. The fraction of sp³-hybridized carbons (Fsp3) is 0.286. The number of aryl methyl sites for hydroxylation is 1. The van der Waals surface area contributed by atoms with Crippen molar-refractivity contribution in [2.45, 2.75) is 24.3 Å². The first-order chi connectivity index (χ1) is 8.63. The van der Waals surface area contributed by atoms with E-state index in [1.807, 2.05) is 11.8 Å². The van der Waals surface area contributed by atoms with Gasteiger partial charge in [-0.25, -0.2) is 0 Å². The van der Waals surface area contributed by atoms with Gasteiger partial charge in [0.2, 0.25) is 0 Å².